The van der Waals surface area contributed by atoms with Crippen LogP contribution in [0.25, 0.3) is 0 Å². The van der Waals surface area contributed by atoms with Crippen molar-refractivity contribution in [3.8, 4) is 0 Å². The second-order valence-electron chi connectivity index (χ2n) is 5.91. The lowest BCUT2D eigenvalue weighted by atomic mass is 10.2. The van der Waals surface area contributed by atoms with Crippen molar-refractivity contribution in [3.63, 3.8) is 0 Å². The van der Waals surface area contributed by atoms with E-state index in [1.807, 2.05) is 26.0 Å². The number of amides is 2. The number of likely N-dealkylation sites (N-methyl/N-ethyl adjacent to an activating group) is 1. The van der Waals surface area contributed by atoms with Gasteiger partial charge in [-0.1, -0.05) is 23.7 Å². The molecule has 0 spiro atoms. The molecule has 0 aliphatic carbocycles. The van der Waals surface area contributed by atoms with E-state index in [1.54, 1.807) is 12.1 Å². The summed E-state index contributed by atoms with van der Waals surface area (Å²) >= 11 is 6.05. The van der Waals surface area contributed by atoms with Crippen LogP contribution in [0.3, 0.4) is 0 Å². The molecule has 1 aliphatic rings. The van der Waals surface area contributed by atoms with Gasteiger partial charge in [0.05, 0.1) is 23.3 Å². The van der Waals surface area contributed by atoms with E-state index < -0.39 is 0 Å². The van der Waals surface area contributed by atoms with Crippen molar-refractivity contribution in [2.24, 2.45) is 0 Å². The first-order valence-electron chi connectivity index (χ1n) is 8.29. The van der Waals surface area contributed by atoms with E-state index in [9.17, 15) is 9.59 Å². The maximum atomic E-state index is 12.2. The number of anilines is 1. The van der Waals surface area contributed by atoms with Crippen LogP contribution in [0.2, 0.25) is 5.02 Å². The van der Waals surface area contributed by atoms with Crippen LogP contribution >= 0.6 is 11.6 Å². The van der Waals surface area contributed by atoms with E-state index in [4.69, 9.17) is 11.6 Å². The second-order valence-corrected chi connectivity index (χ2v) is 6.32. The highest BCUT2D eigenvalue weighted by Crippen LogP contribution is 2.20. The van der Waals surface area contributed by atoms with E-state index in [-0.39, 0.29) is 17.9 Å². The maximum Gasteiger partial charge on any atom is 0.238 e. The number of para-hydroxylation sites is 1. The highest BCUT2D eigenvalue weighted by Gasteiger charge is 2.25. The Kier molecular flexibility index (Phi) is 7.02. The van der Waals surface area contributed by atoms with E-state index >= 15 is 0 Å². The lowest BCUT2D eigenvalue weighted by Gasteiger charge is -2.37. The molecule has 0 aromatic heterocycles. The largest absolute Gasteiger partial charge is 0.355 e. The van der Waals surface area contributed by atoms with Gasteiger partial charge in [-0.25, -0.2) is 0 Å². The van der Waals surface area contributed by atoms with Crippen LogP contribution in [-0.2, 0) is 9.59 Å². The fourth-order valence-electron chi connectivity index (χ4n) is 2.75. The number of hydrogen-bond donors (Lipinski definition) is 2. The highest BCUT2D eigenvalue weighted by atomic mass is 35.5. The molecule has 6 nitrogen and oxygen atoms in total. The van der Waals surface area contributed by atoms with Gasteiger partial charge in [0.2, 0.25) is 11.8 Å². The third-order valence-corrected chi connectivity index (χ3v) is 4.53. The predicted molar refractivity (Wildman–Crippen MR) is 96.2 cm³/mol. The number of rotatable bonds is 6. The van der Waals surface area contributed by atoms with Gasteiger partial charge in [-0.15, -0.1) is 0 Å². The number of nitrogens with one attached hydrogen (secondary N) is 2. The first-order chi connectivity index (χ1) is 11.5. The second kappa shape index (κ2) is 9.01. The SMILES string of the molecule is CCNC(=O)[C@@H](C)N1CCN(CC(=O)Nc2ccccc2Cl)CC1. The zero-order valence-electron chi connectivity index (χ0n) is 14.2. The average Bonchev–Trinajstić information content (AvgIpc) is 2.57. The summed E-state index contributed by atoms with van der Waals surface area (Å²) in [4.78, 5) is 28.3. The zero-order valence-corrected chi connectivity index (χ0v) is 15.0. The summed E-state index contributed by atoms with van der Waals surface area (Å²) in [6.07, 6.45) is 0. The molecule has 7 heteroatoms. The number of piperazine rings is 1. The summed E-state index contributed by atoms with van der Waals surface area (Å²) in [6, 6.07) is 7.06. The van der Waals surface area contributed by atoms with Crippen LogP contribution < -0.4 is 10.6 Å². The molecule has 132 valence electrons. The number of nitrogens with zero attached hydrogens (tertiary/aromatic N) is 2. The van der Waals surface area contributed by atoms with E-state index in [2.05, 4.69) is 20.4 Å². The minimum atomic E-state index is -0.135. The third kappa shape index (κ3) is 5.19. The topological polar surface area (TPSA) is 64.7 Å². The number of halogens is 1. The highest BCUT2D eigenvalue weighted by molar-refractivity contribution is 6.33. The van der Waals surface area contributed by atoms with Crippen molar-refractivity contribution in [2.45, 2.75) is 19.9 Å². The Balaban J connectivity index is 1.77. The summed E-state index contributed by atoms with van der Waals surface area (Å²) in [5.41, 5.74) is 0.632. The Morgan fingerprint density at radius 3 is 2.50 bits per heavy atom. The van der Waals surface area contributed by atoms with E-state index in [1.165, 1.54) is 0 Å². The van der Waals surface area contributed by atoms with E-state index in [0.717, 1.165) is 26.2 Å². The Bertz CT molecular complexity index is 573. The number of carbonyl (C=O) groups is 2. The fourth-order valence-corrected chi connectivity index (χ4v) is 2.93. The molecule has 1 aromatic rings. The minimum absolute atomic E-state index is 0.0578. The zero-order chi connectivity index (χ0) is 17.5. The molecule has 1 heterocycles. The molecule has 0 unspecified atom stereocenters. The van der Waals surface area contributed by atoms with Gasteiger partial charge in [0, 0.05) is 32.7 Å². The quantitative estimate of drug-likeness (QED) is 0.812. The summed E-state index contributed by atoms with van der Waals surface area (Å²) in [7, 11) is 0. The molecule has 1 saturated heterocycles. The Hall–Kier alpha value is -1.63. The predicted octanol–water partition coefficient (Wildman–Crippen LogP) is 1.42. The van der Waals surface area contributed by atoms with Gasteiger partial charge in [-0.3, -0.25) is 19.4 Å². The van der Waals surface area contributed by atoms with Crippen molar-refractivity contribution in [1.29, 1.82) is 0 Å². The first kappa shape index (κ1) is 18.7. The van der Waals surface area contributed by atoms with Crippen molar-refractivity contribution in [2.75, 3.05) is 44.6 Å². The molecule has 1 atom stereocenters. The molecule has 1 fully saturated rings. The molecular weight excluding hydrogens is 328 g/mol. The van der Waals surface area contributed by atoms with Gasteiger partial charge >= 0.3 is 0 Å². The Labute approximate surface area is 148 Å². The smallest absolute Gasteiger partial charge is 0.238 e. The van der Waals surface area contributed by atoms with Gasteiger partial charge in [-0.2, -0.15) is 0 Å². The van der Waals surface area contributed by atoms with Crippen molar-refractivity contribution in [3.05, 3.63) is 29.3 Å². The first-order valence-corrected chi connectivity index (χ1v) is 8.67. The number of benzene rings is 1. The van der Waals surface area contributed by atoms with Crippen molar-refractivity contribution >= 4 is 29.1 Å². The van der Waals surface area contributed by atoms with Gasteiger partial charge in [0.25, 0.3) is 0 Å². The number of hydrogen-bond acceptors (Lipinski definition) is 4. The van der Waals surface area contributed by atoms with Gasteiger partial charge < -0.3 is 10.6 Å². The van der Waals surface area contributed by atoms with E-state index in [0.29, 0.717) is 23.8 Å². The molecule has 24 heavy (non-hydrogen) atoms. The van der Waals surface area contributed by atoms with Crippen LogP contribution in [0, 0.1) is 0 Å². The molecular formula is C17H25ClN4O2. The molecule has 0 radical (unpaired) electrons. The van der Waals surface area contributed by atoms with Gasteiger partial charge in [0.15, 0.2) is 0 Å². The monoisotopic (exact) mass is 352 g/mol. The van der Waals surface area contributed by atoms with Gasteiger partial charge in [0.1, 0.15) is 0 Å². The minimum Gasteiger partial charge on any atom is -0.355 e. The number of carbonyl (C=O) groups excluding carboxylic acids is 2. The molecule has 2 rings (SSSR count). The van der Waals surface area contributed by atoms with Crippen LogP contribution in [-0.4, -0.2) is 66.9 Å². The molecule has 1 aromatic carbocycles. The van der Waals surface area contributed by atoms with Crippen molar-refractivity contribution < 1.29 is 9.59 Å². The Morgan fingerprint density at radius 1 is 1.21 bits per heavy atom. The lowest BCUT2D eigenvalue weighted by Crippen LogP contribution is -2.54. The molecule has 0 bridgehead atoms. The summed E-state index contributed by atoms with van der Waals surface area (Å²) in [6.45, 7) is 7.89. The molecule has 2 amide bonds. The maximum absolute atomic E-state index is 12.2. The molecule has 1 aliphatic heterocycles. The van der Waals surface area contributed by atoms with Crippen molar-refractivity contribution in [1.82, 2.24) is 15.1 Å². The molecule has 0 saturated carbocycles. The van der Waals surface area contributed by atoms with Crippen LogP contribution in [0.15, 0.2) is 24.3 Å². The average molecular weight is 353 g/mol. The molecule has 2 N–H and O–H groups in total. The summed E-state index contributed by atoms with van der Waals surface area (Å²) in [5.74, 6) is -0.0178. The standard InChI is InChI=1S/C17H25ClN4O2/c1-3-19-17(24)13(2)22-10-8-21(9-11-22)12-16(23)20-15-7-5-4-6-14(15)18/h4-7,13H,3,8-12H2,1-2H3,(H,19,24)(H,20,23)/t13-/m1/s1. The van der Waals surface area contributed by atoms with Crippen LogP contribution in [0.5, 0.6) is 0 Å². The third-order valence-electron chi connectivity index (χ3n) is 4.20. The van der Waals surface area contributed by atoms with Gasteiger partial charge in [-0.05, 0) is 26.0 Å². The Morgan fingerprint density at radius 2 is 1.88 bits per heavy atom. The normalized spacial score (nSPS) is 17.3. The van der Waals surface area contributed by atoms with Crippen LogP contribution in [0.1, 0.15) is 13.8 Å². The summed E-state index contributed by atoms with van der Waals surface area (Å²) in [5, 5.41) is 6.22. The lowest BCUT2D eigenvalue weighted by molar-refractivity contribution is -0.127. The van der Waals surface area contributed by atoms with Crippen LogP contribution in [0.4, 0.5) is 5.69 Å². The summed E-state index contributed by atoms with van der Waals surface area (Å²) < 4.78 is 0. The fraction of sp³-hybridized carbons (Fsp3) is 0.529.